The third-order valence-electron chi connectivity index (χ3n) is 4.91. The summed E-state index contributed by atoms with van der Waals surface area (Å²) in [5, 5.41) is 6.62. The largest absolute Gasteiger partial charge is 0.351 e. The molecule has 4 rings (SSSR count). The molecule has 2 N–H and O–H groups in total. The van der Waals surface area contributed by atoms with E-state index in [1.807, 2.05) is 0 Å². The first-order chi connectivity index (χ1) is 8.81. The molecule has 2 bridgehead atoms. The Hall–Kier alpha value is -0.610. The molecule has 4 nitrogen and oxygen atoms in total. The van der Waals surface area contributed by atoms with Gasteiger partial charge in [0.25, 0.3) is 0 Å². The number of nitrogens with one attached hydrogen (secondary N) is 2. The van der Waals surface area contributed by atoms with Crippen LogP contribution in [0.1, 0.15) is 38.5 Å². The molecular formula is C14H25N3O. The number of amides is 1. The minimum atomic E-state index is 0.195. The fourth-order valence-electron chi connectivity index (χ4n) is 3.75. The van der Waals surface area contributed by atoms with Crippen LogP contribution < -0.4 is 10.6 Å². The summed E-state index contributed by atoms with van der Waals surface area (Å²) in [7, 11) is 0. The molecule has 1 amide bonds. The Kier molecular flexibility index (Phi) is 3.85. The first-order valence-electron chi connectivity index (χ1n) is 7.56. The van der Waals surface area contributed by atoms with Crippen LogP contribution in [0.4, 0.5) is 0 Å². The Balaban J connectivity index is 1.40. The van der Waals surface area contributed by atoms with Gasteiger partial charge in [0, 0.05) is 18.6 Å². The normalized spacial score (nSPS) is 35.9. The molecule has 0 aromatic carbocycles. The maximum absolute atomic E-state index is 12.0. The van der Waals surface area contributed by atoms with Crippen molar-refractivity contribution < 1.29 is 4.79 Å². The van der Waals surface area contributed by atoms with Crippen molar-refractivity contribution in [2.24, 2.45) is 5.92 Å². The standard InChI is InChI=1S/C14H25N3O/c18-14(9-15-12-3-1-2-4-12)16-13-10-17-7-5-11(13)6-8-17/h11-13,15H,1-10H2,(H,16,18). The predicted octanol–water partition coefficient (Wildman–Crippen LogP) is 0.729. The third-order valence-corrected chi connectivity index (χ3v) is 4.91. The van der Waals surface area contributed by atoms with Crippen LogP contribution in [0.2, 0.25) is 0 Å². The van der Waals surface area contributed by atoms with Gasteiger partial charge in [-0.2, -0.15) is 0 Å². The second-order valence-electron chi connectivity index (χ2n) is 6.17. The number of fused-ring (bicyclic) bond motifs is 3. The van der Waals surface area contributed by atoms with E-state index in [0.29, 0.717) is 18.6 Å². The maximum atomic E-state index is 12.0. The highest BCUT2D eigenvalue weighted by molar-refractivity contribution is 5.78. The fourth-order valence-corrected chi connectivity index (χ4v) is 3.75. The van der Waals surface area contributed by atoms with Gasteiger partial charge < -0.3 is 15.5 Å². The Morgan fingerprint density at radius 3 is 2.44 bits per heavy atom. The van der Waals surface area contributed by atoms with Gasteiger partial charge in [-0.15, -0.1) is 0 Å². The van der Waals surface area contributed by atoms with Crippen molar-refractivity contribution in [2.75, 3.05) is 26.2 Å². The smallest absolute Gasteiger partial charge is 0.234 e. The number of rotatable bonds is 4. The number of piperidine rings is 3. The van der Waals surface area contributed by atoms with Crippen LogP contribution >= 0.6 is 0 Å². The quantitative estimate of drug-likeness (QED) is 0.774. The molecule has 4 aliphatic rings. The van der Waals surface area contributed by atoms with Crippen molar-refractivity contribution >= 4 is 5.91 Å². The van der Waals surface area contributed by atoms with Crippen LogP contribution in [0.5, 0.6) is 0 Å². The Bertz CT molecular complexity index is 293. The van der Waals surface area contributed by atoms with Gasteiger partial charge in [-0.1, -0.05) is 12.8 Å². The fraction of sp³-hybridized carbons (Fsp3) is 0.929. The van der Waals surface area contributed by atoms with E-state index in [1.165, 1.54) is 51.6 Å². The molecule has 0 aromatic rings. The van der Waals surface area contributed by atoms with Gasteiger partial charge in [-0.05, 0) is 44.7 Å². The summed E-state index contributed by atoms with van der Waals surface area (Å²) in [5.74, 6) is 0.922. The first kappa shape index (κ1) is 12.4. The monoisotopic (exact) mass is 251 g/mol. The highest BCUT2D eigenvalue weighted by Crippen LogP contribution is 2.27. The number of carbonyl (C=O) groups excluding carboxylic acids is 1. The van der Waals surface area contributed by atoms with Crippen LogP contribution in [-0.2, 0) is 4.79 Å². The van der Waals surface area contributed by atoms with E-state index >= 15 is 0 Å². The molecule has 0 aromatic heterocycles. The number of carbonyl (C=O) groups is 1. The summed E-state index contributed by atoms with van der Waals surface area (Å²) in [5.41, 5.74) is 0. The molecular weight excluding hydrogens is 226 g/mol. The van der Waals surface area contributed by atoms with Crippen molar-refractivity contribution in [3.05, 3.63) is 0 Å². The van der Waals surface area contributed by atoms with E-state index < -0.39 is 0 Å². The van der Waals surface area contributed by atoms with Crippen molar-refractivity contribution in [3.63, 3.8) is 0 Å². The zero-order valence-electron chi connectivity index (χ0n) is 11.2. The highest BCUT2D eigenvalue weighted by atomic mass is 16.2. The zero-order valence-corrected chi connectivity index (χ0v) is 11.2. The predicted molar refractivity (Wildman–Crippen MR) is 71.4 cm³/mol. The molecule has 1 aliphatic carbocycles. The summed E-state index contributed by atoms with van der Waals surface area (Å²) in [6.07, 6.45) is 7.65. The molecule has 4 heteroatoms. The topological polar surface area (TPSA) is 44.4 Å². The van der Waals surface area contributed by atoms with E-state index in [1.54, 1.807) is 0 Å². The molecule has 3 saturated heterocycles. The van der Waals surface area contributed by atoms with Crippen LogP contribution in [0.15, 0.2) is 0 Å². The lowest BCUT2D eigenvalue weighted by atomic mass is 9.84. The van der Waals surface area contributed by atoms with Gasteiger partial charge in [0.2, 0.25) is 5.91 Å². The van der Waals surface area contributed by atoms with Gasteiger partial charge >= 0.3 is 0 Å². The molecule has 1 unspecified atom stereocenters. The average molecular weight is 251 g/mol. The lowest BCUT2D eigenvalue weighted by Crippen LogP contribution is -2.58. The van der Waals surface area contributed by atoms with E-state index in [2.05, 4.69) is 15.5 Å². The van der Waals surface area contributed by atoms with Gasteiger partial charge in [-0.3, -0.25) is 4.79 Å². The van der Waals surface area contributed by atoms with Crippen LogP contribution in [-0.4, -0.2) is 49.1 Å². The first-order valence-corrected chi connectivity index (χ1v) is 7.56. The second-order valence-corrected chi connectivity index (χ2v) is 6.17. The summed E-state index contributed by atoms with van der Waals surface area (Å²) in [6.45, 7) is 4.04. The average Bonchev–Trinajstić information content (AvgIpc) is 2.91. The zero-order chi connectivity index (χ0) is 12.4. The number of hydrogen-bond acceptors (Lipinski definition) is 3. The van der Waals surface area contributed by atoms with E-state index in [9.17, 15) is 4.79 Å². The van der Waals surface area contributed by atoms with Crippen molar-refractivity contribution in [3.8, 4) is 0 Å². The van der Waals surface area contributed by atoms with Gasteiger partial charge in [0.05, 0.1) is 6.54 Å². The third kappa shape index (κ3) is 2.86. The SMILES string of the molecule is O=C(CNC1CCCC1)NC1CN2CCC1CC2. The van der Waals surface area contributed by atoms with Crippen LogP contribution in [0.3, 0.4) is 0 Å². The molecule has 4 fully saturated rings. The van der Waals surface area contributed by atoms with Crippen LogP contribution in [0.25, 0.3) is 0 Å². The molecule has 3 heterocycles. The Labute approximate surface area is 109 Å². The van der Waals surface area contributed by atoms with E-state index in [0.717, 1.165) is 12.5 Å². The molecule has 0 spiro atoms. The van der Waals surface area contributed by atoms with Gasteiger partial charge in [-0.25, -0.2) is 0 Å². The molecule has 102 valence electrons. The molecule has 1 atom stereocenters. The maximum Gasteiger partial charge on any atom is 0.234 e. The lowest BCUT2D eigenvalue weighted by molar-refractivity contribution is -0.122. The van der Waals surface area contributed by atoms with Gasteiger partial charge in [0.15, 0.2) is 0 Å². The summed E-state index contributed by atoms with van der Waals surface area (Å²) < 4.78 is 0. The Morgan fingerprint density at radius 1 is 1.11 bits per heavy atom. The minimum Gasteiger partial charge on any atom is -0.351 e. The Morgan fingerprint density at radius 2 is 1.83 bits per heavy atom. The number of hydrogen-bond donors (Lipinski definition) is 2. The summed E-state index contributed by atoms with van der Waals surface area (Å²) >= 11 is 0. The second kappa shape index (κ2) is 5.57. The van der Waals surface area contributed by atoms with Crippen molar-refractivity contribution in [2.45, 2.75) is 50.6 Å². The van der Waals surface area contributed by atoms with E-state index in [4.69, 9.17) is 0 Å². The molecule has 1 saturated carbocycles. The summed E-state index contributed by atoms with van der Waals surface area (Å²) in [6, 6.07) is 0.993. The molecule has 3 aliphatic heterocycles. The van der Waals surface area contributed by atoms with Crippen molar-refractivity contribution in [1.29, 1.82) is 0 Å². The summed E-state index contributed by atoms with van der Waals surface area (Å²) in [4.78, 5) is 14.4. The lowest BCUT2D eigenvalue weighted by Gasteiger charge is -2.45. The number of nitrogens with zero attached hydrogens (tertiary/aromatic N) is 1. The van der Waals surface area contributed by atoms with Gasteiger partial charge in [0.1, 0.15) is 0 Å². The van der Waals surface area contributed by atoms with Crippen molar-refractivity contribution in [1.82, 2.24) is 15.5 Å². The van der Waals surface area contributed by atoms with E-state index in [-0.39, 0.29) is 5.91 Å². The van der Waals surface area contributed by atoms with Crippen LogP contribution in [0, 0.1) is 5.92 Å². The minimum absolute atomic E-state index is 0.195. The molecule has 18 heavy (non-hydrogen) atoms. The highest BCUT2D eigenvalue weighted by Gasteiger charge is 2.34. The molecule has 0 radical (unpaired) electrons.